The summed E-state index contributed by atoms with van der Waals surface area (Å²) in [6, 6.07) is 24.7. The van der Waals surface area contributed by atoms with Crippen molar-refractivity contribution < 1.29 is 4.39 Å². The zero-order valence-electron chi connectivity index (χ0n) is 12.7. The fourth-order valence-electron chi connectivity index (χ4n) is 2.31. The van der Waals surface area contributed by atoms with Crippen LogP contribution in [0.3, 0.4) is 0 Å². The smallest absolute Gasteiger partial charge is 0.148 e. The largest absolute Gasteiger partial charge is 0.245 e. The number of aliphatic imine (C=N–C) groups is 1. The maximum Gasteiger partial charge on any atom is 0.148 e. The Morgan fingerprint density at radius 1 is 0.826 bits per heavy atom. The highest BCUT2D eigenvalue weighted by molar-refractivity contribution is 7.98. The molecule has 3 rings (SSSR count). The van der Waals surface area contributed by atoms with Gasteiger partial charge in [-0.05, 0) is 24.5 Å². The van der Waals surface area contributed by atoms with Crippen LogP contribution in [0, 0.1) is 5.82 Å². The van der Waals surface area contributed by atoms with E-state index in [-0.39, 0.29) is 5.82 Å². The van der Waals surface area contributed by atoms with Crippen molar-refractivity contribution in [3.63, 3.8) is 0 Å². The molecule has 1 nitrogen and oxygen atoms in total. The van der Waals surface area contributed by atoms with Gasteiger partial charge in [-0.1, -0.05) is 60.7 Å². The zero-order chi connectivity index (χ0) is 16.1. The van der Waals surface area contributed by atoms with E-state index in [4.69, 9.17) is 0 Å². The molecule has 0 unspecified atom stereocenters. The van der Waals surface area contributed by atoms with Crippen LogP contribution in [0.1, 0.15) is 11.1 Å². The molecular weight excluding hydrogens is 305 g/mol. The first-order valence-electron chi connectivity index (χ1n) is 7.31. The number of nitrogens with zero attached hydrogens (tertiary/aromatic N) is 1. The minimum Gasteiger partial charge on any atom is -0.245 e. The lowest BCUT2D eigenvalue weighted by Gasteiger charge is -2.09. The predicted molar refractivity (Wildman–Crippen MR) is 96.4 cm³/mol. The lowest BCUT2D eigenvalue weighted by molar-refractivity contribution is 0.629. The van der Waals surface area contributed by atoms with E-state index in [1.807, 2.05) is 66.9 Å². The van der Waals surface area contributed by atoms with Crippen molar-refractivity contribution in [3.8, 4) is 0 Å². The Balaban J connectivity index is 2.16. The Morgan fingerprint density at radius 3 is 1.91 bits per heavy atom. The Morgan fingerprint density at radius 2 is 1.39 bits per heavy atom. The highest BCUT2D eigenvalue weighted by Crippen LogP contribution is 2.26. The molecule has 0 aromatic heterocycles. The molecule has 0 aliphatic heterocycles. The van der Waals surface area contributed by atoms with Crippen LogP contribution in [0.15, 0.2) is 88.8 Å². The van der Waals surface area contributed by atoms with Gasteiger partial charge in [-0.2, -0.15) is 0 Å². The molecular formula is C20H16FNS. The van der Waals surface area contributed by atoms with Gasteiger partial charge >= 0.3 is 0 Å². The molecule has 0 amide bonds. The van der Waals surface area contributed by atoms with E-state index in [0.717, 1.165) is 21.7 Å². The Bertz CT molecular complexity index is 772. The number of halogens is 1. The van der Waals surface area contributed by atoms with Crippen molar-refractivity contribution in [1.82, 2.24) is 0 Å². The maximum atomic E-state index is 14.2. The molecule has 0 saturated heterocycles. The van der Waals surface area contributed by atoms with Crippen molar-refractivity contribution in [1.29, 1.82) is 0 Å². The van der Waals surface area contributed by atoms with E-state index < -0.39 is 0 Å². The van der Waals surface area contributed by atoms with Crippen molar-refractivity contribution in [2.75, 3.05) is 6.26 Å². The zero-order valence-corrected chi connectivity index (χ0v) is 13.6. The van der Waals surface area contributed by atoms with E-state index in [9.17, 15) is 4.39 Å². The van der Waals surface area contributed by atoms with E-state index in [1.54, 1.807) is 23.9 Å². The topological polar surface area (TPSA) is 12.4 Å². The minimum absolute atomic E-state index is 0.313. The van der Waals surface area contributed by atoms with E-state index in [0.29, 0.717) is 5.69 Å². The average Bonchev–Trinajstić information content (AvgIpc) is 2.62. The van der Waals surface area contributed by atoms with Gasteiger partial charge in [-0.15, -0.1) is 11.8 Å². The summed E-state index contributed by atoms with van der Waals surface area (Å²) in [6.45, 7) is 0. The molecule has 23 heavy (non-hydrogen) atoms. The molecule has 0 N–H and O–H groups in total. The first-order chi connectivity index (χ1) is 11.3. The summed E-state index contributed by atoms with van der Waals surface area (Å²) in [5, 5.41) is 0. The van der Waals surface area contributed by atoms with Crippen LogP contribution in [0.2, 0.25) is 0 Å². The van der Waals surface area contributed by atoms with Gasteiger partial charge in [0.1, 0.15) is 11.5 Å². The van der Waals surface area contributed by atoms with Gasteiger partial charge in [0.05, 0.1) is 5.71 Å². The lowest BCUT2D eigenvalue weighted by atomic mass is 10.0. The fourth-order valence-corrected chi connectivity index (χ4v) is 2.75. The molecule has 0 radical (unpaired) electrons. The number of rotatable bonds is 4. The van der Waals surface area contributed by atoms with Crippen molar-refractivity contribution >= 4 is 23.2 Å². The van der Waals surface area contributed by atoms with Crippen molar-refractivity contribution in [2.24, 2.45) is 4.99 Å². The molecule has 0 saturated carbocycles. The molecule has 0 aliphatic carbocycles. The molecule has 3 aromatic carbocycles. The molecule has 3 heteroatoms. The van der Waals surface area contributed by atoms with Crippen LogP contribution in [-0.2, 0) is 0 Å². The normalized spacial score (nSPS) is 10.3. The molecule has 0 bridgehead atoms. The molecule has 0 spiro atoms. The summed E-state index contributed by atoms with van der Waals surface area (Å²) in [7, 11) is 0. The summed E-state index contributed by atoms with van der Waals surface area (Å²) in [4.78, 5) is 5.63. The van der Waals surface area contributed by atoms with E-state index >= 15 is 0 Å². The summed E-state index contributed by atoms with van der Waals surface area (Å²) >= 11 is 1.57. The second-order valence-electron chi connectivity index (χ2n) is 5.01. The monoisotopic (exact) mass is 321 g/mol. The quantitative estimate of drug-likeness (QED) is 0.442. The molecule has 0 fully saturated rings. The van der Waals surface area contributed by atoms with Gasteiger partial charge in [-0.25, -0.2) is 9.38 Å². The standard InChI is InChI=1S/C20H16FNS/c1-23-17-12-13-18(21)19(14-17)22-20(15-8-4-2-5-9-15)16-10-6-3-7-11-16/h2-14H,1H3. The minimum atomic E-state index is -0.313. The van der Waals surface area contributed by atoms with Crippen LogP contribution in [0.5, 0.6) is 0 Å². The Labute approximate surface area is 139 Å². The molecule has 0 heterocycles. The summed E-state index contributed by atoms with van der Waals surface area (Å²) in [5.74, 6) is -0.313. The number of hydrogen-bond acceptors (Lipinski definition) is 2. The van der Waals surface area contributed by atoms with Crippen molar-refractivity contribution in [2.45, 2.75) is 4.90 Å². The first-order valence-corrected chi connectivity index (χ1v) is 8.53. The van der Waals surface area contributed by atoms with Crippen LogP contribution >= 0.6 is 11.8 Å². The van der Waals surface area contributed by atoms with Gasteiger partial charge in [-0.3, -0.25) is 0 Å². The second-order valence-corrected chi connectivity index (χ2v) is 5.89. The van der Waals surface area contributed by atoms with Gasteiger partial charge in [0.2, 0.25) is 0 Å². The SMILES string of the molecule is CSc1ccc(F)c(N=C(c2ccccc2)c2ccccc2)c1. The number of thioether (sulfide) groups is 1. The first kappa shape index (κ1) is 15.5. The fraction of sp³-hybridized carbons (Fsp3) is 0.0500. The third kappa shape index (κ3) is 3.69. The van der Waals surface area contributed by atoms with Crippen LogP contribution in [0.4, 0.5) is 10.1 Å². The lowest BCUT2D eigenvalue weighted by Crippen LogP contribution is -2.02. The Kier molecular flexibility index (Phi) is 4.89. The molecule has 3 aromatic rings. The molecule has 0 aliphatic rings. The third-order valence-electron chi connectivity index (χ3n) is 3.48. The molecule has 114 valence electrons. The predicted octanol–water partition coefficient (Wildman–Crippen LogP) is 5.72. The van der Waals surface area contributed by atoms with Crippen molar-refractivity contribution in [3.05, 3.63) is 95.8 Å². The van der Waals surface area contributed by atoms with Gasteiger partial charge in [0, 0.05) is 16.0 Å². The highest BCUT2D eigenvalue weighted by atomic mass is 32.2. The van der Waals surface area contributed by atoms with Gasteiger partial charge in [0.25, 0.3) is 0 Å². The average molecular weight is 321 g/mol. The van der Waals surface area contributed by atoms with E-state index in [2.05, 4.69) is 4.99 Å². The summed E-state index contributed by atoms with van der Waals surface area (Å²) < 4.78 is 14.2. The number of hydrogen-bond donors (Lipinski definition) is 0. The third-order valence-corrected chi connectivity index (χ3v) is 4.21. The van der Waals surface area contributed by atoms with Crippen LogP contribution < -0.4 is 0 Å². The highest BCUT2D eigenvalue weighted by Gasteiger charge is 2.09. The van der Waals surface area contributed by atoms with Crippen LogP contribution in [0.25, 0.3) is 0 Å². The summed E-state index contributed by atoms with van der Waals surface area (Å²) in [5.41, 5.74) is 3.06. The summed E-state index contributed by atoms with van der Waals surface area (Å²) in [6.07, 6.45) is 1.97. The maximum absolute atomic E-state index is 14.2. The van der Waals surface area contributed by atoms with E-state index in [1.165, 1.54) is 6.07 Å². The molecule has 0 atom stereocenters. The van der Waals surface area contributed by atoms with Gasteiger partial charge < -0.3 is 0 Å². The second kappa shape index (κ2) is 7.25. The van der Waals surface area contributed by atoms with Crippen LogP contribution in [-0.4, -0.2) is 12.0 Å². The number of benzene rings is 3. The Hall–Kier alpha value is -2.39. The van der Waals surface area contributed by atoms with Gasteiger partial charge in [0.15, 0.2) is 0 Å².